The van der Waals surface area contributed by atoms with Gasteiger partial charge >= 0.3 is 0 Å². The lowest BCUT2D eigenvalue weighted by atomic mass is 10.2. The molecule has 0 atom stereocenters. The number of unbranched alkanes of at least 4 members (excludes halogenated alkanes) is 1. The first-order valence-corrected chi connectivity index (χ1v) is 11.4. The summed E-state index contributed by atoms with van der Waals surface area (Å²) in [7, 11) is 3.35. The minimum atomic E-state index is 0.763. The number of hydrogen-bond acceptors (Lipinski definition) is 4. The van der Waals surface area contributed by atoms with E-state index in [4.69, 9.17) is 14.5 Å². The molecule has 0 spiro atoms. The minimum absolute atomic E-state index is 0.763. The van der Waals surface area contributed by atoms with Crippen molar-refractivity contribution in [1.82, 2.24) is 25.2 Å². The maximum atomic E-state index is 5.51. The summed E-state index contributed by atoms with van der Waals surface area (Å²) < 4.78 is 13.1. The van der Waals surface area contributed by atoms with Crippen molar-refractivity contribution < 1.29 is 9.47 Å². The highest BCUT2D eigenvalue weighted by Gasteiger charge is 2.09. The number of aromatic amines is 1. The Morgan fingerprint density at radius 2 is 2.00 bits per heavy atom. The molecule has 3 aromatic rings. The number of fused-ring (bicyclic) bond motifs is 1. The zero-order chi connectivity index (χ0) is 22.8. The zero-order valence-corrected chi connectivity index (χ0v) is 19.7. The number of aliphatic imine (C=N–C) groups is 1. The van der Waals surface area contributed by atoms with Gasteiger partial charge in [0.15, 0.2) is 5.96 Å². The number of benzene rings is 1. The van der Waals surface area contributed by atoms with Crippen molar-refractivity contribution in [2.24, 2.45) is 4.99 Å². The Bertz CT molecular complexity index is 1010. The first-order chi connectivity index (χ1) is 15.6. The second-order valence-corrected chi connectivity index (χ2v) is 7.75. The molecular weight excluding hydrogens is 404 g/mol. The van der Waals surface area contributed by atoms with E-state index in [0.29, 0.717) is 0 Å². The number of ether oxygens (including phenoxy) is 2. The molecule has 0 saturated carbocycles. The highest BCUT2D eigenvalue weighted by atomic mass is 16.5. The van der Waals surface area contributed by atoms with Crippen LogP contribution in [0.2, 0.25) is 0 Å². The van der Waals surface area contributed by atoms with Crippen molar-refractivity contribution in [3.8, 4) is 11.5 Å². The van der Waals surface area contributed by atoms with Gasteiger partial charge in [-0.05, 0) is 45.6 Å². The van der Waals surface area contributed by atoms with E-state index < -0.39 is 0 Å². The summed E-state index contributed by atoms with van der Waals surface area (Å²) in [5.41, 5.74) is 2.20. The predicted molar refractivity (Wildman–Crippen MR) is 130 cm³/mol. The molecule has 0 fully saturated rings. The lowest BCUT2D eigenvalue weighted by Crippen LogP contribution is -2.38. The van der Waals surface area contributed by atoms with Gasteiger partial charge in [-0.15, -0.1) is 0 Å². The molecule has 0 bridgehead atoms. The van der Waals surface area contributed by atoms with E-state index in [1.54, 1.807) is 14.2 Å². The van der Waals surface area contributed by atoms with Crippen LogP contribution in [0, 0.1) is 6.92 Å². The summed E-state index contributed by atoms with van der Waals surface area (Å²) >= 11 is 0. The van der Waals surface area contributed by atoms with Crippen LogP contribution < -0.4 is 20.1 Å². The van der Waals surface area contributed by atoms with Crippen LogP contribution in [0.1, 0.15) is 37.7 Å². The average molecular weight is 441 g/mol. The Kier molecular flexibility index (Phi) is 8.83. The fraction of sp³-hybridized carbons (Fsp3) is 0.500. The quantitative estimate of drug-likeness (QED) is 0.227. The molecule has 0 radical (unpaired) electrons. The smallest absolute Gasteiger partial charge is 0.191 e. The van der Waals surface area contributed by atoms with Crippen LogP contribution in [0.3, 0.4) is 0 Å². The predicted octanol–water partition coefficient (Wildman–Crippen LogP) is 3.66. The third kappa shape index (κ3) is 6.42. The van der Waals surface area contributed by atoms with Gasteiger partial charge in [0.05, 0.1) is 19.7 Å². The Hall–Kier alpha value is -3.16. The molecule has 0 saturated heterocycles. The van der Waals surface area contributed by atoms with Crippen LogP contribution in [0.4, 0.5) is 0 Å². The van der Waals surface area contributed by atoms with Crippen LogP contribution in [-0.2, 0) is 13.0 Å². The van der Waals surface area contributed by atoms with Crippen molar-refractivity contribution >= 4 is 16.9 Å². The largest absolute Gasteiger partial charge is 0.497 e. The van der Waals surface area contributed by atoms with Gasteiger partial charge in [-0.2, -0.15) is 0 Å². The second-order valence-electron chi connectivity index (χ2n) is 7.75. The maximum absolute atomic E-state index is 5.51. The molecule has 0 amide bonds. The first kappa shape index (κ1) is 23.5. The molecule has 0 aliphatic carbocycles. The van der Waals surface area contributed by atoms with Gasteiger partial charge in [0.25, 0.3) is 0 Å². The van der Waals surface area contributed by atoms with E-state index in [1.165, 1.54) is 5.69 Å². The molecule has 2 aromatic heterocycles. The molecule has 1 aromatic carbocycles. The molecule has 3 rings (SSSR count). The summed E-state index contributed by atoms with van der Waals surface area (Å²) in [6, 6.07) is 6.07. The van der Waals surface area contributed by atoms with Gasteiger partial charge in [-0.1, -0.05) is 0 Å². The molecule has 8 nitrogen and oxygen atoms in total. The van der Waals surface area contributed by atoms with E-state index in [2.05, 4.69) is 38.2 Å². The molecular formula is C24H36N6O2. The average Bonchev–Trinajstić information content (AvgIpc) is 3.40. The molecule has 3 N–H and O–H groups in total. The molecule has 0 aliphatic rings. The van der Waals surface area contributed by atoms with Crippen molar-refractivity contribution in [1.29, 1.82) is 0 Å². The number of aryl methyl sites for hydroxylation is 3. The van der Waals surface area contributed by atoms with E-state index in [9.17, 15) is 0 Å². The van der Waals surface area contributed by atoms with Crippen molar-refractivity contribution in [2.75, 3.05) is 33.9 Å². The van der Waals surface area contributed by atoms with Gasteiger partial charge in [0, 0.05) is 61.8 Å². The Morgan fingerprint density at radius 3 is 2.72 bits per heavy atom. The zero-order valence-electron chi connectivity index (χ0n) is 19.7. The standard InChI is InChI=1S/C24H36N6O2/c1-5-25-24(27-10-6-7-13-30-14-12-26-18(30)2)28-11-8-9-19-15-21-22(29-19)16-20(31-3)17-23(21)32-4/h12,14-17,29H,5-11,13H2,1-4H3,(H2,25,27,28). The maximum Gasteiger partial charge on any atom is 0.191 e. The van der Waals surface area contributed by atoms with Crippen LogP contribution in [0.5, 0.6) is 11.5 Å². The van der Waals surface area contributed by atoms with E-state index >= 15 is 0 Å². The number of imidazole rings is 1. The number of H-pyrrole nitrogens is 1. The number of nitrogens with one attached hydrogen (secondary N) is 3. The molecule has 8 heteroatoms. The number of rotatable bonds is 12. The Balaban J connectivity index is 1.44. The summed E-state index contributed by atoms with van der Waals surface area (Å²) in [4.78, 5) is 12.5. The van der Waals surface area contributed by atoms with Gasteiger partial charge in [0.1, 0.15) is 17.3 Å². The minimum Gasteiger partial charge on any atom is -0.497 e. The van der Waals surface area contributed by atoms with Crippen LogP contribution in [-0.4, -0.2) is 54.3 Å². The van der Waals surface area contributed by atoms with E-state index in [0.717, 1.165) is 86.0 Å². The summed E-state index contributed by atoms with van der Waals surface area (Å²) in [5.74, 6) is 3.56. The van der Waals surface area contributed by atoms with Gasteiger partial charge in [0.2, 0.25) is 0 Å². The van der Waals surface area contributed by atoms with Crippen LogP contribution in [0.25, 0.3) is 10.9 Å². The normalized spacial score (nSPS) is 11.7. The van der Waals surface area contributed by atoms with Crippen molar-refractivity contribution in [3.63, 3.8) is 0 Å². The number of hydrogen-bond donors (Lipinski definition) is 3. The fourth-order valence-corrected chi connectivity index (χ4v) is 3.71. The summed E-state index contributed by atoms with van der Waals surface area (Å²) in [5, 5.41) is 7.85. The SMILES string of the molecule is CCNC(=NCCCc1cc2c(OC)cc(OC)cc2[nH]1)NCCCCn1ccnc1C. The number of guanidine groups is 1. The molecule has 174 valence electrons. The lowest BCUT2D eigenvalue weighted by molar-refractivity contribution is 0.398. The highest BCUT2D eigenvalue weighted by Crippen LogP contribution is 2.31. The number of nitrogens with zero attached hydrogens (tertiary/aromatic N) is 3. The van der Waals surface area contributed by atoms with Crippen molar-refractivity contribution in [2.45, 2.75) is 46.1 Å². The molecule has 0 aliphatic heterocycles. The summed E-state index contributed by atoms with van der Waals surface area (Å²) in [6.07, 6.45) is 7.97. The third-order valence-corrected chi connectivity index (χ3v) is 5.45. The van der Waals surface area contributed by atoms with E-state index in [1.807, 2.05) is 31.5 Å². The number of aromatic nitrogens is 3. The van der Waals surface area contributed by atoms with E-state index in [-0.39, 0.29) is 0 Å². The Morgan fingerprint density at radius 1 is 1.12 bits per heavy atom. The molecule has 2 heterocycles. The van der Waals surface area contributed by atoms with Gasteiger partial charge < -0.3 is 29.7 Å². The number of methoxy groups -OCH3 is 2. The first-order valence-electron chi connectivity index (χ1n) is 11.4. The van der Waals surface area contributed by atoms with Crippen LogP contribution in [0.15, 0.2) is 35.6 Å². The highest BCUT2D eigenvalue weighted by molar-refractivity contribution is 5.88. The topological polar surface area (TPSA) is 88.5 Å². The van der Waals surface area contributed by atoms with Crippen LogP contribution >= 0.6 is 0 Å². The second kappa shape index (κ2) is 12.0. The third-order valence-electron chi connectivity index (χ3n) is 5.45. The molecule has 32 heavy (non-hydrogen) atoms. The monoisotopic (exact) mass is 440 g/mol. The Labute approximate surface area is 190 Å². The summed E-state index contributed by atoms with van der Waals surface area (Å²) in [6.45, 7) is 7.65. The molecule has 0 unspecified atom stereocenters. The fourth-order valence-electron chi connectivity index (χ4n) is 3.71. The van der Waals surface area contributed by atoms with Gasteiger partial charge in [-0.3, -0.25) is 4.99 Å². The van der Waals surface area contributed by atoms with Gasteiger partial charge in [-0.25, -0.2) is 4.98 Å². The lowest BCUT2D eigenvalue weighted by Gasteiger charge is -2.11. The van der Waals surface area contributed by atoms with Crippen molar-refractivity contribution in [3.05, 3.63) is 42.1 Å².